The molecule has 3 aromatic rings. The van der Waals surface area contributed by atoms with E-state index in [1.165, 1.54) is 11.3 Å². The van der Waals surface area contributed by atoms with Crippen LogP contribution in [0.25, 0.3) is 9.40 Å². The molecule has 18 heavy (non-hydrogen) atoms. The molecule has 1 aromatic carbocycles. The van der Waals surface area contributed by atoms with Gasteiger partial charge in [-0.15, -0.1) is 22.7 Å². The molecule has 0 N–H and O–H groups in total. The minimum Gasteiger partial charge on any atom is -0.288 e. The number of benzene rings is 1. The van der Waals surface area contributed by atoms with Gasteiger partial charge in [0.2, 0.25) is 5.78 Å². The third kappa shape index (κ3) is 2.08. The van der Waals surface area contributed by atoms with Gasteiger partial charge < -0.3 is 0 Å². The van der Waals surface area contributed by atoms with Gasteiger partial charge in [-0.05, 0) is 35.7 Å². The summed E-state index contributed by atoms with van der Waals surface area (Å²) < 4.78 is 2.25. The van der Waals surface area contributed by atoms with Gasteiger partial charge in [0, 0.05) is 20.0 Å². The molecule has 0 unspecified atom stereocenters. The van der Waals surface area contributed by atoms with Gasteiger partial charge in [0.25, 0.3) is 0 Å². The quantitative estimate of drug-likeness (QED) is 0.571. The van der Waals surface area contributed by atoms with Crippen LogP contribution in [0.2, 0.25) is 10.0 Å². The van der Waals surface area contributed by atoms with Gasteiger partial charge in [-0.3, -0.25) is 4.79 Å². The number of rotatable bonds is 2. The molecule has 5 heteroatoms. The van der Waals surface area contributed by atoms with Gasteiger partial charge in [0.15, 0.2) is 0 Å². The van der Waals surface area contributed by atoms with Crippen LogP contribution in [0.1, 0.15) is 15.2 Å². The lowest BCUT2D eigenvalue weighted by Gasteiger charge is -2.01. The van der Waals surface area contributed by atoms with Gasteiger partial charge in [-0.25, -0.2) is 0 Å². The summed E-state index contributed by atoms with van der Waals surface area (Å²) in [5.41, 5.74) is 0.457. The van der Waals surface area contributed by atoms with E-state index in [9.17, 15) is 4.79 Å². The Morgan fingerprint density at radius 1 is 1.06 bits per heavy atom. The largest absolute Gasteiger partial charge is 0.288 e. The second kappa shape index (κ2) is 4.67. The molecular weight excluding hydrogens is 307 g/mol. The van der Waals surface area contributed by atoms with Crippen molar-refractivity contribution in [3.05, 3.63) is 56.2 Å². The molecule has 0 aliphatic heterocycles. The predicted molar refractivity (Wildman–Crippen MR) is 79.6 cm³/mol. The number of thiophene rings is 2. The average molecular weight is 313 g/mol. The van der Waals surface area contributed by atoms with Crippen LogP contribution in [0.15, 0.2) is 35.7 Å². The van der Waals surface area contributed by atoms with Crippen LogP contribution >= 0.6 is 45.9 Å². The van der Waals surface area contributed by atoms with Gasteiger partial charge in [-0.2, -0.15) is 0 Å². The van der Waals surface area contributed by atoms with Crippen LogP contribution in [-0.2, 0) is 0 Å². The van der Waals surface area contributed by atoms with Crippen LogP contribution in [0, 0.1) is 0 Å². The summed E-state index contributed by atoms with van der Waals surface area (Å²) in [6, 6.07) is 8.85. The lowest BCUT2D eigenvalue weighted by molar-refractivity contribution is 0.104. The van der Waals surface area contributed by atoms with E-state index in [0.717, 1.165) is 9.40 Å². The van der Waals surface area contributed by atoms with Crippen molar-refractivity contribution in [2.75, 3.05) is 0 Å². The van der Waals surface area contributed by atoms with E-state index in [-0.39, 0.29) is 5.78 Å². The zero-order valence-corrected chi connectivity index (χ0v) is 12.1. The average Bonchev–Trinajstić information content (AvgIpc) is 2.91. The summed E-state index contributed by atoms with van der Waals surface area (Å²) >= 11 is 15.0. The molecule has 0 saturated carbocycles. The maximum atomic E-state index is 12.4. The standard InChI is InChI=1S/C13H6Cl2OS2/c14-7-1-2-9(15)8(5-7)13(16)12-6-11-10(18-12)3-4-17-11/h1-6H. The van der Waals surface area contributed by atoms with Crippen LogP contribution in [0.4, 0.5) is 0 Å². The highest BCUT2D eigenvalue weighted by Gasteiger charge is 2.16. The van der Waals surface area contributed by atoms with Gasteiger partial charge in [0.05, 0.1) is 9.90 Å². The number of carbonyl (C=O) groups excluding carboxylic acids is 1. The Labute approximate surface area is 122 Å². The fraction of sp³-hybridized carbons (Fsp3) is 0. The molecule has 0 aliphatic carbocycles. The van der Waals surface area contributed by atoms with Crippen molar-refractivity contribution in [2.45, 2.75) is 0 Å². The SMILES string of the molecule is O=C(c1cc2sccc2s1)c1cc(Cl)ccc1Cl. The van der Waals surface area contributed by atoms with Crippen LogP contribution in [0.5, 0.6) is 0 Å². The number of fused-ring (bicyclic) bond motifs is 1. The summed E-state index contributed by atoms with van der Waals surface area (Å²) in [5.74, 6) is -0.0732. The first-order chi connectivity index (χ1) is 8.65. The van der Waals surface area contributed by atoms with Gasteiger partial charge in [-0.1, -0.05) is 23.2 Å². The highest BCUT2D eigenvalue weighted by atomic mass is 35.5. The van der Waals surface area contributed by atoms with Crippen molar-refractivity contribution < 1.29 is 4.79 Å². The fourth-order valence-electron chi connectivity index (χ4n) is 1.68. The third-order valence-electron chi connectivity index (χ3n) is 2.54. The first-order valence-electron chi connectivity index (χ1n) is 5.12. The monoisotopic (exact) mass is 312 g/mol. The van der Waals surface area contributed by atoms with E-state index in [0.29, 0.717) is 20.5 Å². The second-order valence-corrected chi connectivity index (χ2v) is 6.59. The van der Waals surface area contributed by atoms with Crippen molar-refractivity contribution in [3.63, 3.8) is 0 Å². The number of hydrogen-bond donors (Lipinski definition) is 0. The topological polar surface area (TPSA) is 17.1 Å². The molecule has 0 atom stereocenters. The van der Waals surface area contributed by atoms with Crippen LogP contribution in [0.3, 0.4) is 0 Å². The lowest BCUT2D eigenvalue weighted by atomic mass is 10.1. The third-order valence-corrected chi connectivity index (χ3v) is 5.19. The lowest BCUT2D eigenvalue weighted by Crippen LogP contribution is -1.99. The summed E-state index contributed by atoms with van der Waals surface area (Å²) in [4.78, 5) is 13.1. The molecule has 2 aromatic heterocycles. The van der Waals surface area contributed by atoms with Crippen molar-refractivity contribution in [1.82, 2.24) is 0 Å². The zero-order chi connectivity index (χ0) is 12.7. The summed E-state index contributed by atoms with van der Waals surface area (Å²) in [6.07, 6.45) is 0. The Morgan fingerprint density at radius 2 is 1.89 bits per heavy atom. The summed E-state index contributed by atoms with van der Waals surface area (Å²) in [7, 11) is 0. The predicted octanol–water partition coefficient (Wildman–Crippen LogP) is 5.50. The molecule has 1 nitrogen and oxygen atoms in total. The molecule has 0 amide bonds. The van der Waals surface area contributed by atoms with Crippen molar-refractivity contribution in [2.24, 2.45) is 0 Å². The number of ketones is 1. The molecule has 0 saturated heterocycles. The fourth-order valence-corrected chi connectivity index (χ4v) is 4.12. The minimum atomic E-state index is -0.0732. The van der Waals surface area contributed by atoms with Crippen LogP contribution < -0.4 is 0 Å². The van der Waals surface area contributed by atoms with Crippen molar-refractivity contribution in [1.29, 1.82) is 0 Å². The Bertz CT molecular complexity index is 714. The molecule has 0 radical (unpaired) electrons. The molecule has 0 spiro atoms. The van der Waals surface area contributed by atoms with Gasteiger partial charge >= 0.3 is 0 Å². The molecular formula is C13H6Cl2OS2. The molecule has 0 fully saturated rings. The van der Waals surface area contributed by atoms with E-state index < -0.39 is 0 Å². The Kier molecular flexibility index (Phi) is 3.16. The number of halogens is 2. The minimum absolute atomic E-state index is 0.0732. The maximum Gasteiger partial charge on any atom is 0.204 e. The zero-order valence-electron chi connectivity index (χ0n) is 8.94. The van der Waals surface area contributed by atoms with E-state index >= 15 is 0 Å². The van der Waals surface area contributed by atoms with E-state index in [1.807, 2.05) is 17.5 Å². The second-order valence-electron chi connectivity index (χ2n) is 3.71. The normalized spacial score (nSPS) is 11.0. The summed E-state index contributed by atoms with van der Waals surface area (Å²) in [5, 5.41) is 2.96. The Balaban J connectivity index is 2.09. The molecule has 3 rings (SSSR count). The first kappa shape index (κ1) is 12.2. The van der Waals surface area contributed by atoms with Crippen molar-refractivity contribution >= 4 is 61.1 Å². The maximum absolute atomic E-state index is 12.4. The van der Waals surface area contributed by atoms with E-state index in [2.05, 4.69) is 0 Å². The van der Waals surface area contributed by atoms with Crippen LogP contribution in [-0.4, -0.2) is 5.78 Å². The highest BCUT2D eigenvalue weighted by Crippen LogP contribution is 2.32. The van der Waals surface area contributed by atoms with Crippen molar-refractivity contribution in [3.8, 4) is 0 Å². The Hall–Kier alpha value is -0.870. The Morgan fingerprint density at radius 3 is 2.67 bits per heavy atom. The number of hydrogen-bond acceptors (Lipinski definition) is 3. The van der Waals surface area contributed by atoms with E-state index in [4.69, 9.17) is 23.2 Å². The molecule has 0 aliphatic rings. The molecule has 2 heterocycles. The summed E-state index contributed by atoms with van der Waals surface area (Å²) in [6.45, 7) is 0. The molecule has 0 bridgehead atoms. The first-order valence-corrected chi connectivity index (χ1v) is 7.57. The van der Waals surface area contributed by atoms with E-state index in [1.54, 1.807) is 29.5 Å². The molecule has 90 valence electrons. The smallest absolute Gasteiger partial charge is 0.204 e. The van der Waals surface area contributed by atoms with Gasteiger partial charge in [0.1, 0.15) is 0 Å². The number of carbonyl (C=O) groups is 1. The highest BCUT2D eigenvalue weighted by molar-refractivity contribution is 7.28.